The van der Waals surface area contributed by atoms with Crippen LogP contribution in [0.2, 0.25) is 0 Å². The molecule has 2 heteroatoms. The molecular formula is C20H16OS. The van der Waals surface area contributed by atoms with E-state index in [2.05, 4.69) is 73.0 Å². The van der Waals surface area contributed by atoms with Crippen molar-refractivity contribution in [1.29, 1.82) is 0 Å². The molecule has 3 aromatic rings. The summed E-state index contributed by atoms with van der Waals surface area (Å²) in [5.41, 5.74) is 3.81. The fourth-order valence-electron chi connectivity index (χ4n) is 2.82. The van der Waals surface area contributed by atoms with Gasteiger partial charge in [0.15, 0.2) is 0 Å². The Balaban J connectivity index is 1.84. The van der Waals surface area contributed by atoms with Crippen molar-refractivity contribution < 1.29 is 4.74 Å². The summed E-state index contributed by atoms with van der Waals surface area (Å²) in [5, 5.41) is 2.08. The fourth-order valence-corrected chi connectivity index (χ4v) is 3.51. The highest BCUT2D eigenvalue weighted by molar-refractivity contribution is 7.11. The van der Waals surface area contributed by atoms with Crippen LogP contribution < -0.4 is 4.74 Å². The predicted octanol–water partition coefficient (Wildman–Crippen LogP) is 5.62. The minimum absolute atomic E-state index is 0.239. The van der Waals surface area contributed by atoms with Crippen LogP contribution in [0, 0.1) is 6.92 Å². The van der Waals surface area contributed by atoms with Crippen LogP contribution in [0.1, 0.15) is 27.5 Å². The van der Waals surface area contributed by atoms with Gasteiger partial charge >= 0.3 is 0 Å². The van der Waals surface area contributed by atoms with Crippen molar-refractivity contribution in [3.63, 3.8) is 0 Å². The van der Waals surface area contributed by atoms with Crippen molar-refractivity contribution in [2.24, 2.45) is 0 Å². The van der Waals surface area contributed by atoms with E-state index in [1.54, 1.807) is 11.3 Å². The summed E-state index contributed by atoms with van der Waals surface area (Å²) in [4.78, 5) is 1.17. The van der Waals surface area contributed by atoms with Gasteiger partial charge in [0, 0.05) is 11.5 Å². The van der Waals surface area contributed by atoms with Gasteiger partial charge in [0.2, 0.25) is 0 Å². The molecule has 0 N–H and O–H groups in total. The number of fused-ring (bicyclic) bond motifs is 1. The lowest BCUT2D eigenvalue weighted by atomic mass is 9.88. The maximum atomic E-state index is 6.12. The van der Waals surface area contributed by atoms with Crippen molar-refractivity contribution in [3.8, 4) is 5.75 Å². The van der Waals surface area contributed by atoms with E-state index >= 15 is 0 Å². The first-order valence-electron chi connectivity index (χ1n) is 7.40. The predicted molar refractivity (Wildman–Crippen MR) is 92.4 cm³/mol. The molecule has 0 fully saturated rings. The third kappa shape index (κ3) is 2.36. The van der Waals surface area contributed by atoms with E-state index < -0.39 is 0 Å². The van der Waals surface area contributed by atoms with Crippen LogP contribution in [-0.4, -0.2) is 0 Å². The van der Waals surface area contributed by atoms with E-state index in [1.807, 2.05) is 6.07 Å². The summed E-state index contributed by atoms with van der Waals surface area (Å²) in [6.45, 7) is 2.12. The largest absolute Gasteiger partial charge is 0.456 e. The smallest absolute Gasteiger partial charge is 0.141 e. The lowest BCUT2D eigenvalue weighted by Gasteiger charge is -2.25. The molecule has 0 unspecified atom stereocenters. The van der Waals surface area contributed by atoms with Gasteiger partial charge in [0.05, 0.1) is 4.88 Å². The van der Waals surface area contributed by atoms with Gasteiger partial charge in [-0.05, 0) is 36.1 Å². The summed E-state index contributed by atoms with van der Waals surface area (Å²) >= 11 is 1.71. The molecule has 1 aliphatic rings. The molecule has 0 amide bonds. The van der Waals surface area contributed by atoms with Crippen LogP contribution in [0.15, 0.2) is 72.1 Å². The molecule has 0 bridgehead atoms. The first-order chi connectivity index (χ1) is 10.8. The molecule has 1 aliphatic heterocycles. The zero-order valence-corrected chi connectivity index (χ0v) is 13.1. The Morgan fingerprint density at radius 2 is 1.73 bits per heavy atom. The van der Waals surface area contributed by atoms with Crippen molar-refractivity contribution >= 4 is 17.1 Å². The molecule has 0 aliphatic carbocycles. The Kier molecular flexibility index (Phi) is 3.32. The Morgan fingerprint density at radius 3 is 2.50 bits per heavy atom. The van der Waals surface area contributed by atoms with Gasteiger partial charge in [-0.15, -0.1) is 11.3 Å². The standard InChI is InChI=1S/C20H16OS/c1-14-8-10-15(11-9-14)17-13-19(20-7-4-12-22-20)21-18-6-3-2-5-16(17)18/h2-13,17H,1H3/t17-/m0/s1. The van der Waals surface area contributed by atoms with E-state index in [9.17, 15) is 0 Å². The molecule has 1 aromatic heterocycles. The lowest BCUT2D eigenvalue weighted by Crippen LogP contribution is -2.09. The van der Waals surface area contributed by atoms with Gasteiger partial charge in [0.1, 0.15) is 11.5 Å². The molecular weight excluding hydrogens is 288 g/mol. The van der Waals surface area contributed by atoms with E-state index in [-0.39, 0.29) is 5.92 Å². The van der Waals surface area contributed by atoms with E-state index in [0.717, 1.165) is 11.5 Å². The summed E-state index contributed by atoms with van der Waals surface area (Å²) in [6.07, 6.45) is 2.23. The summed E-state index contributed by atoms with van der Waals surface area (Å²) in [6, 6.07) is 21.3. The quantitative estimate of drug-likeness (QED) is 0.597. The average Bonchev–Trinajstić information content (AvgIpc) is 3.09. The van der Waals surface area contributed by atoms with Crippen LogP contribution in [0.4, 0.5) is 0 Å². The number of hydrogen-bond donors (Lipinski definition) is 0. The van der Waals surface area contributed by atoms with Crippen LogP contribution in [0.25, 0.3) is 5.76 Å². The molecule has 4 rings (SSSR count). The van der Waals surface area contributed by atoms with Gasteiger partial charge in [-0.3, -0.25) is 0 Å². The van der Waals surface area contributed by atoms with Crippen molar-refractivity contribution in [3.05, 3.63) is 93.7 Å². The maximum Gasteiger partial charge on any atom is 0.141 e. The first-order valence-corrected chi connectivity index (χ1v) is 8.28. The number of benzene rings is 2. The van der Waals surface area contributed by atoms with Crippen molar-refractivity contribution in [2.75, 3.05) is 0 Å². The van der Waals surface area contributed by atoms with Crippen molar-refractivity contribution in [1.82, 2.24) is 0 Å². The third-order valence-corrected chi connectivity index (χ3v) is 4.88. The molecule has 0 saturated heterocycles. The molecule has 0 saturated carbocycles. The van der Waals surface area contributed by atoms with Crippen LogP contribution in [0.3, 0.4) is 0 Å². The Hall–Kier alpha value is -2.32. The van der Waals surface area contributed by atoms with Crippen LogP contribution >= 0.6 is 11.3 Å². The van der Waals surface area contributed by atoms with E-state index in [4.69, 9.17) is 4.74 Å². The molecule has 2 heterocycles. The Bertz CT molecular complexity index is 813. The van der Waals surface area contributed by atoms with Crippen LogP contribution in [0.5, 0.6) is 5.75 Å². The van der Waals surface area contributed by atoms with Gasteiger partial charge < -0.3 is 4.74 Å². The number of hydrogen-bond acceptors (Lipinski definition) is 2. The zero-order chi connectivity index (χ0) is 14.9. The molecule has 2 aromatic carbocycles. The molecule has 1 atom stereocenters. The van der Waals surface area contributed by atoms with Gasteiger partial charge in [-0.2, -0.15) is 0 Å². The second-order valence-electron chi connectivity index (χ2n) is 5.54. The minimum Gasteiger partial charge on any atom is -0.456 e. The number of aryl methyl sites for hydroxylation is 1. The zero-order valence-electron chi connectivity index (χ0n) is 12.3. The molecule has 1 nitrogen and oxygen atoms in total. The number of thiophene rings is 1. The lowest BCUT2D eigenvalue weighted by molar-refractivity contribution is 0.494. The summed E-state index contributed by atoms with van der Waals surface area (Å²) in [5.74, 6) is 2.15. The number of allylic oxidation sites excluding steroid dienone is 1. The summed E-state index contributed by atoms with van der Waals surface area (Å²) in [7, 11) is 0. The second kappa shape index (κ2) is 5.47. The Labute approximate surface area is 134 Å². The first kappa shape index (κ1) is 13.4. The number of ether oxygens (including phenoxy) is 1. The summed E-state index contributed by atoms with van der Waals surface area (Å²) < 4.78 is 6.12. The highest BCUT2D eigenvalue weighted by Gasteiger charge is 2.23. The van der Waals surface area contributed by atoms with Crippen molar-refractivity contribution in [2.45, 2.75) is 12.8 Å². The number of rotatable bonds is 2. The van der Waals surface area contributed by atoms with Gasteiger partial charge in [-0.1, -0.05) is 54.1 Å². The molecule has 108 valence electrons. The normalized spacial score (nSPS) is 16.6. The highest BCUT2D eigenvalue weighted by atomic mass is 32.1. The minimum atomic E-state index is 0.239. The SMILES string of the molecule is Cc1ccc([C@@H]2C=C(c3cccs3)Oc3ccccc32)cc1. The Morgan fingerprint density at radius 1 is 0.909 bits per heavy atom. The maximum absolute atomic E-state index is 6.12. The topological polar surface area (TPSA) is 9.23 Å². The monoisotopic (exact) mass is 304 g/mol. The van der Waals surface area contributed by atoms with Gasteiger partial charge in [0.25, 0.3) is 0 Å². The van der Waals surface area contributed by atoms with E-state index in [0.29, 0.717) is 0 Å². The highest BCUT2D eigenvalue weighted by Crippen LogP contribution is 2.41. The number of para-hydroxylation sites is 1. The molecule has 22 heavy (non-hydrogen) atoms. The average molecular weight is 304 g/mol. The van der Waals surface area contributed by atoms with Crippen LogP contribution in [-0.2, 0) is 0 Å². The second-order valence-corrected chi connectivity index (χ2v) is 6.48. The van der Waals surface area contributed by atoms with E-state index in [1.165, 1.54) is 21.6 Å². The third-order valence-electron chi connectivity index (χ3n) is 3.99. The molecule has 0 radical (unpaired) electrons. The fraction of sp³-hybridized carbons (Fsp3) is 0.100. The van der Waals surface area contributed by atoms with Gasteiger partial charge in [-0.25, -0.2) is 0 Å². The molecule has 0 spiro atoms.